The summed E-state index contributed by atoms with van der Waals surface area (Å²) in [5, 5.41) is 0. The number of anilines is 1. The smallest absolute Gasteiger partial charge is 0.266 e. The van der Waals surface area contributed by atoms with Gasteiger partial charge in [0.1, 0.15) is 5.52 Å². The molecule has 0 fully saturated rings. The number of imide groups is 1. The standard InChI is InChI=1S/C22H14N2O3/c1-13-6-11-19-18(12-13)23-20(27-19)14-7-9-15(10-8-14)24-21(25)16-4-2-3-5-17(16)22(24)26/h2-12H,1H3. The van der Waals surface area contributed by atoms with E-state index in [2.05, 4.69) is 4.98 Å². The zero-order chi connectivity index (χ0) is 18.5. The molecule has 0 saturated heterocycles. The van der Waals surface area contributed by atoms with Gasteiger partial charge in [-0.3, -0.25) is 9.59 Å². The van der Waals surface area contributed by atoms with Crippen LogP contribution >= 0.6 is 0 Å². The number of amides is 2. The van der Waals surface area contributed by atoms with E-state index in [0.29, 0.717) is 22.7 Å². The summed E-state index contributed by atoms with van der Waals surface area (Å²) in [6, 6.07) is 19.8. The highest BCUT2D eigenvalue weighted by Crippen LogP contribution is 2.31. The number of carbonyl (C=O) groups excluding carboxylic acids is 2. The molecule has 5 heteroatoms. The summed E-state index contributed by atoms with van der Waals surface area (Å²) < 4.78 is 5.81. The molecule has 3 aromatic carbocycles. The molecule has 130 valence electrons. The number of rotatable bonds is 2. The number of aromatic nitrogens is 1. The highest BCUT2D eigenvalue weighted by Gasteiger charge is 2.36. The number of hydrogen-bond donors (Lipinski definition) is 0. The minimum Gasteiger partial charge on any atom is -0.436 e. The first kappa shape index (κ1) is 15.5. The number of hydrogen-bond acceptors (Lipinski definition) is 4. The highest BCUT2D eigenvalue weighted by atomic mass is 16.3. The van der Waals surface area contributed by atoms with E-state index >= 15 is 0 Å². The van der Waals surface area contributed by atoms with Crippen molar-refractivity contribution in [1.29, 1.82) is 0 Å². The van der Waals surface area contributed by atoms with E-state index in [1.165, 1.54) is 4.90 Å². The normalized spacial score (nSPS) is 13.4. The van der Waals surface area contributed by atoms with Crippen LogP contribution in [0, 0.1) is 6.92 Å². The van der Waals surface area contributed by atoms with Crippen molar-refractivity contribution in [2.24, 2.45) is 0 Å². The lowest BCUT2D eigenvalue weighted by atomic mass is 10.1. The van der Waals surface area contributed by atoms with Crippen LogP contribution in [0.3, 0.4) is 0 Å². The second-order valence-corrected chi connectivity index (χ2v) is 6.53. The molecule has 5 nitrogen and oxygen atoms in total. The van der Waals surface area contributed by atoms with Crippen LogP contribution in [-0.2, 0) is 0 Å². The third kappa shape index (κ3) is 2.36. The maximum absolute atomic E-state index is 12.6. The first-order valence-electron chi connectivity index (χ1n) is 8.57. The minimum absolute atomic E-state index is 0.305. The Balaban J connectivity index is 1.50. The highest BCUT2D eigenvalue weighted by molar-refractivity contribution is 6.34. The van der Waals surface area contributed by atoms with E-state index in [1.807, 2.05) is 25.1 Å². The van der Waals surface area contributed by atoms with Crippen molar-refractivity contribution >= 4 is 28.6 Å². The Labute approximate surface area is 154 Å². The van der Waals surface area contributed by atoms with E-state index in [0.717, 1.165) is 22.2 Å². The predicted octanol–water partition coefficient (Wildman–Crippen LogP) is 4.60. The second kappa shape index (κ2) is 5.64. The van der Waals surface area contributed by atoms with Crippen LogP contribution < -0.4 is 4.90 Å². The maximum Gasteiger partial charge on any atom is 0.266 e. The van der Waals surface area contributed by atoms with Gasteiger partial charge in [0.25, 0.3) is 11.8 Å². The number of nitrogens with zero attached hydrogens (tertiary/aromatic N) is 2. The number of benzene rings is 3. The van der Waals surface area contributed by atoms with Crippen molar-refractivity contribution in [3.63, 3.8) is 0 Å². The lowest BCUT2D eigenvalue weighted by molar-refractivity contribution is 0.0926. The van der Waals surface area contributed by atoms with Crippen LogP contribution in [0.5, 0.6) is 0 Å². The molecule has 0 radical (unpaired) electrons. The first-order chi connectivity index (χ1) is 13.1. The molecule has 0 atom stereocenters. The zero-order valence-corrected chi connectivity index (χ0v) is 14.5. The van der Waals surface area contributed by atoms with Crippen LogP contribution in [-0.4, -0.2) is 16.8 Å². The molecular formula is C22H14N2O3. The Bertz CT molecular complexity index is 1190. The van der Waals surface area contributed by atoms with Gasteiger partial charge in [-0.05, 0) is 61.0 Å². The van der Waals surface area contributed by atoms with Crippen molar-refractivity contribution < 1.29 is 14.0 Å². The van der Waals surface area contributed by atoms with Gasteiger partial charge in [0.15, 0.2) is 5.58 Å². The molecule has 0 aliphatic carbocycles. The lowest BCUT2D eigenvalue weighted by Gasteiger charge is -2.13. The van der Waals surface area contributed by atoms with Crippen LogP contribution in [0.1, 0.15) is 26.3 Å². The summed E-state index contributed by atoms with van der Waals surface area (Å²) in [4.78, 5) is 30.9. The van der Waals surface area contributed by atoms with Crippen molar-refractivity contribution in [2.75, 3.05) is 4.90 Å². The Kier molecular flexibility index (Phi) is 3.24. The van der Waals surface area contributed by atoms with Gasteiger partial charge in [0.2, 0.25) is 5.89 Å². The molecule has 2 amide bonds. The molecule has 1 aromatic heterocycles. The van der Waals surface area contributed by atoms with Gasteiger partial charge in [0.05, 0.1) is 16.8 Å². The first-order valence-corrected chi connectivity index (χ1v) is 8.57. The van der Waals surface area contributed by atoms with Crippen molar-refractivity contribution in [1.82, 2.24) is 4.98 Å². The van der Waals surface area contributed by atoms with E-state index in [4.69, 9.17) is 4.42 Å². The Morgan fingerprint density at radius 2 is 1.52 bits per heavy atom. The molecule has 4 aromatic rings. The quantitative estimate of drug-likeness (QED) is 0.493. The molecule has 1 aliphatic rings. The second-order valence-electron chi connectivity index (χ2n) is 6.53. The van der Waals surface area contributed by atoms with Crippen LogP contribution in [0.15, 0.2) is 71.1 Å². The topological polar surface area (TPSA) is 63.4 Å². The summed E-state index contributed by atoms with van der Waals surface area (Å²) in [5.74, 6) is -0.106. The Hall–Kier alpha value is -3.73. The molecular weight excluding hydrogens is 340 g/mol. The van der Waals surface area contributed by atoms with Gasteiger partial charge in [0, 0.05) is 5.56 Å². The molecule has 1 aliphatic heterocycles. The van der Waals surface area contributed by atoms with Crippen LogP contribution in [0.25, 0.3) is 22.6 Å². The molecule has 5 rings (SSSR count). The van der Waals surface area contributed by atoms with Gasteiger partial charge in [-0.15, -0.1) is 0 Å². The van der Waals surface area contributed by atoms with Crippen molar-refractivity contribution in [3.05, 3.63) is 83.4 Å². The summed E-state index contributed by atoms with van der Waals surface area (Å²) >= 11 is 0. The maximum atomic E-state index is 12.6. The fraction of sp³-hybridized carbons (Fsp3) is 0.0455. The van der Waals surface area contributed by atoms with Gasteiger partial charge in [-0.2, -0.15) is 0 Å². The Morgan fingerprint density at radius 3 is 2.19 bits per heavy atom. The number of oxazole rings is 1. The average molecular weight is 354 g/mol. The van der Waals surface area contributed by atoms with Gasteiger partial charge in [-0.25, -0.2) is 9.88 Å². The summed E-state index contributed by atoms with van der Waals surface area (Å²) in [6.07, 6.45) is 0. The number of aryl methyl sites for hydroxylation is 1. The number of carbonyl (C=O) groups is 2. The molecule has 0 spiro atoms. The van der Waals surface area contributed by atoms with E-state index in [-0.39, 0.29) is 11.8 Å². The van der Waals surface area contributed by atoms with Gasteiger partial charge >= 0.3 is 0 Å². The van der Waals surface area contributed by atoms with Gasteiger partial charge < -0.3 is 4.42 Å². The molecule has 0 N–H and O–H groups in total. The fourth-order valence-electron chi connectivity index (χ4n) is 3.34. The molecule has 27 heavy (non-hydrogen) atoms. The largest absolute Gasteiger partial charge is 0.436 e. The van der Waals surface area contributed by atoms with Crippen molar-refractivity contribution in [2.45, 2.75) is 6.92 Å². The van der Waals surface area contributed by atoms with Crippen molar-refractivity contribution in [3.8, 4) is 11.5 Å². The SMILES string of the molecule is Cc1ccc2oc(-c3ccc(N4C(=O)c5ccccc5C4=O)cc3)nc2c1. The average Bonchev–Trinajstić information content (AvgIpc) is 3.21. The summed E-state index contributed by atoms with van der Waals surface area (Å²) in [5.41, 5.74) is 4.81. The molecule has 0 saturated carbocycles. The molecule has 0 bridgehead atoms. The summed E-state index contributed by atoms with van der Waals surface area (Å²) in [6.45, 7) is 2.00. The number of fused-ring (bicyclic) bond motifs is 2. The third-order valence-electron chi connectivity index (χ3n) is 4.71. The lowest BCUT2D eigenvalue weighted by Crippen LogP contribution is -2.29. The molecule has 0 unspecified atom stereocenters. The predicted molar refractivity (Wildman–Crippen MR) is 102 cm³/mol. The van der Waals surface area contributed by atoms with Gasteiger partial charge in [-0.1, -0.05) is 18.2 Å². The molecule has 2 heterocycles. The fourth-order valence-corrected chi connectivity index (χ4v) is 3.34. The van der Waals surface area contributed by atoms with E-state index in [9.17, 15) is 9.59 Å². The van der Waals surface area contributed by atoms with Crippen LogP contribution in [0.2, 0.25) is 0 Å². The zero-order valence-electron chi connectivity index (χ0n) is 14.5. The van der Waals surface area contributed by atoms with E-state index in [1.54, 1.807) is 48.5 Å². The third-order valence-corrected chi connectivity index (χ3v) is 4.71. The minimum atomic E-state index is -0.305. The van der Waals surface area contributed by atoms with E-state index < -0.39 is 0 Å². The summed E-state index contributed by atoms with van der Waals surface area (Å²) in [7, 11) is 0. The monoisotopic (exact) mass is 354 g/mol. The Morgan fingerprint density at radius 1 is 0.852 bits per heavy atom. The van der Waals surface area contributed by atoms with Crippen LogP contribution in [0.4, 0.5) is 5.69 Å².